The van der Waals surface area contributed by atoms with Crippen LogP contribution >= 0.6 is 0 Å². The van der Waals surface area contributed by atoms with Crippen LogP contribution in [-0.4, -0.2) is 19.5 Å². The molecule has 0 N–H and O–H groups in total. The summed E-state index contributed by atoms with van der Waals surface area (Å²) < 4.78 is 2.20. The fraction of sp³-hybridized carbons (Fsp3) is 0. The summed E-state index contributed by atoms with van der Waals surface area (Å²) in [5.74, 6) is 0.847. The van der Waals surface area contributed by atoms with Gasteiger partial charge in [-0.2, -0.15) is 0 Å². The number of nitrogens with zero attached hydrogens (tertiary/aromatic N) is 4. The zero-order valence-electron chi connectivity index (χ0n) is 23.3. The summed E-state index contributed by atoms with van der Waals surface area (Å²) in [5.41, 5.74) is 10.5. The number of aromatic nitrogens is 4. The van der Waals surface area contributed by atoms with E-state index in [2.05, 4.69) is 125 Å². The maximum absolute atomic E-state index is 5.15. The van der Waals surface area contributed by atoms with Crippen molar-refractivity contribution in [3.63, 3.8) is 0 Å². The summed E-state index contributed by atoms with van der Waals surface area (Å²) in [7, 11) is 0. The van der Waals surface area contributed by atoms with Crippen molar-refractivity contribution in [2.75, 3.05) is 0 Å². The Hall–Kier alpha value is -5.87. The van der Waals surface area contributed by atoms with Crippen molar-refractivity contribution < 1.29 is 0 Å². The van der Waals surface area contributed by atoms with E-state index in [0.717, 1.165) is 61.4 Å². The molecule has 0 unspecified atom stereocenters. The highest BCUT2D eigenvalue weighted by Gasteiger charge is 2.14. The van der Waals surface area contributed by atoms with Crippen molar-refractivity contribution >= 4 is 21.8 Å². The van der Waals surface area contributed by atoms with Crippen LogP contribution < -0.4 is 0 Å². The molecule has 0 amide bonds. The monoisotopic (exact) mass is 550 g/mol. The topological polar surface area (TPSA) is 43.6 Å². The van der Waals surface area contributed by atoms with Crippen LogP contribution in [0.4, 0.5) is 0 Å². The molecule has 4 nitrogen and oxygen atoms in total. The fourth-order valence-corrected chi connectivity index (χ4v) is 5.86. The number of hydrogen-bond acceptors (Lipinski definition) is 3. The van der Waals surface area contributed by atoms with Gasteiger partial charge in [0.15, 0.2) is 0 Å². The van der Waals surface area contributed by atoms with Gasteiger partial charge in [0.2, 0.25) is 0 Å². The van der Waals surface area contributed by atoms with Crippen LogP contribution in [0.2, 0.25) is 0 Å². The van der Waals surface area contributed by atoms with E-state index in [1.807, 2.05) is 42.7 Å². The minimum Gasteiger partial charge on any atom is -0.294 e. The molecule has 8 aromatic rings. The average Bonchev–Trinajstić information content (AvgIpc) is 3.43. The Bertz CT molecular complexity index is 2120. The van der Waals surface area contributed by atoms with E-state index in [9.17, 15) is 0 Å². The molecule has 4 aromatic heterocycles. The van der Waals surface area contributed by atoms with Gasteiger partial charge in [-0.25, -0.2) is 9.97 Å². The standard InChI is InChI=1S/C39H26N4/c1-3-11-27(12-4-1)29-23-30(28-13-5-2-6-14-28)25-31(24-29)34-16-9-17-35(41-34)36-18-10-20-39(42-36)43-37-19-8-7-15-32(37)33-26-40-22-21-38(33)43/h1-26H. The molecule has 8 rings (SSSR count). The third-order valence-corrected chi connectivity index (χ3v) is 7.89. The number of fused-ring (bicyclic) bond motifs is 3. The molecule has 0 saturated carbocycles. The van der Waals surface area contributed by atoms with Crippen LogP contribution in [-0.2, 0) is 0 Å². The normalized spacial score (nSPS) is 11.3. The molecule has 0 aliphatic rings. The molecule has 0 saturated heterocycles. The first-order chi connectivity index (χ1) is 21.3. The van der Waals surface area contributed by atoms with Gasteiger partial charge >= 0.3 is 0 Å². The van der Waals surface area contributed by atoms with Crippen LogP contribution in [0, 0.1) is 0 Å². The van der Waals surface area contributed by atoms with E-state index in [1.54, 1.807) is 0 Å². The lowest BCUT2D eigenvalue weighted by Crippen LogP contribution is -1.99. The highest BCUT2D eigenvalue weighted by molar-refractivity contribution is 6.08. The van der Waals surface area contributed by atoms with Crippen molar-refractivity contribution in [1.29, 1.82) is 0 Å². The summed E-state index contributed by atoms with van der Waals surface area (Å²) in [4.78, 5) is 14.7. The molecular weight excluding hydrogens is 524 g/mol. The van der Waals surface area contributed by atoms with Crippen LogP contribution in [0.5, 0.6) is 0 Å². The van der Waals surface area contributed by atoms with E-state index < -0.39 is 0 Å². The SMILES string of the molecule is c1ccc(-c2cc(-c3ccccc3)cc(-c3cccc(-c4cccc(-n5c6ccccc6c6cnccc65)n4)n3)c2)cc1. The maximum Gasteiger partial charge on any atom is 0.138 e. The van der Waals surface area contributed by atoms with E-state index in [-0.39, 0.29) is 0 Å². The van der Waals surface area contributed by atoms with Gasteiger partial charge in [-0.15, -0.1) is 0 Å². The van der Waals surface area contributed by atoms with Gasteiger partial charge in [-0.05, 0) is 76.9 Å². The highest BCUT2D eigenvalue weighted by atomic mass is 15.1. The molecule has 0 fully saturated rings. The minimum atomic E-state index is 0.821. The van der Waals surface area contributed by atoms with Gasteiger partial charge in [0.25, 0.3) is 0 Å². The van der Waals surface area contributed by atoms with Crippen molar-refractivity contribution in [3.8, 4) is 50.7 Å². The van der Waals surface area contributed by atoms with Crippen molar-refractivity contribution in [2.24, 2.45) is 0 Å². The highest BCUT2D eigenvalue weighted by Crippen LogP contribution is 2.34. The second-order valence-corrected chi connectivity index (χ2v) is 10.6. The predicted octanol–water partition coefficient (Wildman–Crippen LogP) is 9.64. The fourth-order valence-electron chi connectivity index (χ4n) is 5.86. The summed E-state index contributed by atoms with van der Waals surface area (Å²) in [5, 5.41) is 2.27. The Morgan fingerprint density at radius 3 is 1.72 bits per heavy atom. The number of pyridine rings is 3. The maximum atomic E-state index is 5.15. The third-order valence-electron chi connectivity index (χ3n) is 7.89. The molecule has 202 valence electrons. The second kappa shape index (κ2) is 10.5. The molecule has 0 bridgehead atoms. The van der Waals surface area contributed by atoms with Gasteiger partial charge in [0.1, 0.15) is 5.82 Å². The molecule has 43 heavy (non-hydrogen) atoms. The van der Waals surface area contributed by atoms with Gasteiger partial charge in [0.05, 0.1) is 28.1 Å². The van der Waals surface area contributed by atoms with E-state index in [4.69, 9.17) is 9.97 Å². The van der Waals surface area contributed by atoms with E-state index in [0.29, 0.717) is 0 Å². The molecule has 0 atom stereocenters. The zero-order valence-corrected chi connectivity index (χ0v) is 23.3. The average molecular weight is 551 g/mol. The lowest BCUT2D eigenvalue weighted by atomic mass is 9.95. The van der Waals surface area contributed by atoms with Crippen LogP contribution in [0.1, 0.15) is 0 Å². The molecule has 4 heterocycles. The Morgan fingerprint density at radius 2 is 0.977 bits per heavy atom. The first-order valence-corrected chi connectivity index (χ1v) is 14.4. The predicted molar refractivity (Wildman–Crippen MR) is 176 cm³/mol. The van der Waals surface area contributed by atoms with E-state index >= 15 is 0 Å². The van der Waals surface area contributed by atoms with Crippen LogP contribution in [0.25, 0.3) is 72.5 Å². The first kappa shape index (κ1) is 24.9. The van der Waals surface area contributed by atoms with Crippen molar-refractivity contribution in [1.82, 2.24) is 19.5 Å². The molecule has 4 heteroatoms. The summed E-state index contributed by atoms with van der Waals surface area (Å²) in [6.45, 7) is 0. The van der Waals surface area contributed by atoms with E-state index in [1.165, 1.54) is 11.1 Å². The Kier molecular flexibility index (Phi) is 6.08. The summed E-state index contributed by atoms with van der Waals surface area (Å²) >= 11 is 0. The largest absolute Gasteiger partial charge is 0.294 e. The van der Waals surface area contributed by atoms with Gasteiger partial charge in [-0.3, -0.25) is 9.55 Å². The lowest BCUT2D eigenvalue weighted by Gasteiger charge is -2.12. The molecule has 0 aliphatic carbocycles. The van der Waals surface area contributed by atoms with Gasteiger partial charge in [-0.1, -0.05) is 91.0 Å². The smallest absolute Gasteiger partial charge is 0.138 e. The Morgan fingerprint density at radius 1 is 0.395 bits per heavy atom. The lowest BCUT2D eigenvalue weighted by molar-refractivity contribution is 1.08. The number of benzene rings is 4. The molecule has 0 radical (unpaired) electrons. The minimum absolute atomic E-state index is 0.821. The molecule has 4 aromatic carbocycles. The first-order valence-electron chi connectivity index (χ1n) is 14.4. The van der Waals surface area contributed by atoms with Crippen LogP contribution in [0.15, 0.2) is 158 Å². The number of para-hydroxylation sites is 1. The quantitative estimate of drug-likeness (QED) is 0.214. The van der Waals surface area contributed by atoms with Gasteiger partial charge < -0.3 is 0 Å². The van der Waals surface area contributed by atoms with Crippen molar-refractivity contribution in [2.45, 2.75) is 0 Å². The molecular formula is C39H26N4. The van der Waals surface area contributed by atoms with Crippen LogP contribution in [0.3, 0.4) is 0 Å². The zero-order chi connectivity index (χ0) is 28.6. The Labute approximate surface area is 249 Å². The second-order valence-electron chi connectivity index (χ2n) is 10.6. The Balaban J connectivity index is 1.25. The summed E-state index contributed by atoms with van der Waals surface area (Å²) in [6, 6.07) is 50.5. The summed E-state index contributed by atoms with van der Waals surface area (Å²) in [6.07, 6.45) is 3.76. The van der Waals surface area contributed by atoms with Gasteiger partial charge in [0, 0.05) is 28.7 Å². The van der Waals surface area contributed by atoms with Crippen molar-refractivity contribution in [3.05, 3.63) is 158 Å². The number of rotatable bonds is 5. The number of hydrogen-bond donors (Lipinski definition) is 0. The molecule has 0 aliphatic heterocycles. The molecule has 0 spiro atoms. The third kappa shape index (κ3) is 4.55.